The molecule has 14 heavy (non-hydrogen) atoms. The van der Waals surface area contributed by atoms with E-state index in [-0.39, 0.29) is 0 Å². The van der Waals surface area contributed by atoms with Gasteiger partial charge in [0.2, 0.25) is 0 Å². The Labute approximate surface area is 89.4 Å². The molecule has 0 rings (SSSR count). The van der Waals surface area contributed by atoms with Crippen LogP contribution in [0, 0.1) is 11.3 Å². The predicted molar refractivity (Wildman–Crippen MR) is 66.3 cm³/mol. The third-order valence-corrected chi connectivity index (χ3v) is 2.57. The highest BCUT2D eigenvalue weighted by atomic mass is 14.3. The molecule has 0 aromatic carbocycles. The first-order valence-corrected chi connectivity index (χ1v) is 5.42. The zero-order chi connectivity index (χ0) is 11.2. The van der Waals surface area contributed by atoms with E-state index < -0.39 is 0 Å². The first kappa shape index (κ1) is 13.2. The molecule has 0 aliphatic carbocycles. The molecule has 0 saturated heterocycles. The topological polar surface area (TPSA) is 0 Å². The van der Waals surface area contributed by atoms with Gasteiger partial charge in [0.1, 0.15) is 0 Å². The molecular formula is C14H24. The van der Waals surface area contributed by atoms with E-state index in [1.54, 1.807) is 0 Å². The fraction of sp³-hybridized carbons (Fsp3) is 0.571. The Hall–Kier alpha value is -0.780. The Morgan fingerprint density at radius 3 is 2.14 bits per heavy atom. The molecule has 0 nitrogen and oxygen atoms in total. The van der Waals surface area contributed by atoms with Crippen LogP contribution in [-0.4, -0.2) is 0 Å². The van der Waals surface area contributed by atoms with Crippen LogP contribution in [0.15, 0.2) is 37.0 Å². The maximum absolute atomic E-state index is 3.88. The van der Waals surface area contributed by atoms with Crippen molar-refractivity contribution in [2.75, 3.05) is 0 Å². The molecule has 0 aliphatic rings. The first-order valence-electron chi connectivity index (χ1n) is 5.42. The minimum absolute atomic E-state index is 0.305. The highest BCUT2D eigenvalue weighted by molar-refractivity contribution is 5.25. The number of rotatable bonds is 5. The number of hydrogen-bond acceptors (Lipinski definition) is 0. The molecule has 0 N–H and O–H groups in total. The Morgan fingerprint density at radius 1 is 1.29 bits per heavy atom. The normalized spacial score (nSPS) is 15.0. The van der Waals surface area contributed by atoms with E-state index in [4.69, 9.17) is 0 Å². The van der Waals surface area contributed by atoms with Gasteiger partial charge in [-0.3, -0.25) is 0 Å². The third kappa shape index (κ3) is 3.95. The molecule has 80 valence electrons. The van der Waals surface area contributed by atoms with Crippen LogP contribution in [0.25, 0.3) is 0 Å². The first-order chi connectivity index (χ1) is 6.47. The minimum Gasteiger partial charge on any atom is -0.0991 e. The molecule has 0 fully saturated rings. The van der Waals surface area contributed by atoms with E-state index in [9.17, 15) is 0 Å². The van der Waals surface area contributed by atoms with E-state index in [1.807, 2.05) is 12.2 Å². The molecule has 0 spiro atoms. The van der Waals surface area contributed by atoms with Crippen LogP contribution in [0.5, 0.6) is 0 Å². The van der Waals surface area contributed by atoms with Crippen molar-refractivity contribution in [2.45, 2.75) is 40.5 Å². The summed E-state index contributed by atoms with van der Waals surface area (Å²) < 4.78 is 0. The molecular weight excluding hydrogens is 168 g/mol. The van der Waals surface area contributed by atoms with Gasteiger partial charge in [0.05, 0.1) is 0 Å². The Morgan fingerprint density at radius 2 is 1.86 bits per heavy atom. The van der Waals surface area contributed by atoms with Crippen LogP contribution in [0.1, 0.15) is 40.5 Å². The van der Waals surface area contributed by atoms with Gasteiger partial charge in [-0.15, -0.1) is 0 Å². The molecule has 0 heterocycles. The van der Waals surface area contributed by atoms with Gasteiger partial charge in [-0.25, -0.2) is 0 Å². The maximum atomic E-state index is 3.88. The van der Waals surface area contributed by atoms with E-state index in [2.05, 4.69) is 46.9 Å². The van der Waals surface area contributed by atoms with Gasteiger partial charge >= 0.3 is 0 Å². The van der Waals surface area contributed by atoms with Gasteiger partial charge in [-0.05, 0) is 23.3 Å². The van der Waals surface area contributed by atoms with Gasteiger partial charge in [0, 0.05) is 0 Å². The van der Waals surface area contributed by atoms with Crippen LogP contribution in [-0.2, 0) is 0 Å². The summed E-state index contributed by atoms with van der Waals surface area (Å²) in [6.07, 6.45) is 8.33. The molecule has 0 aromatic heterocycles. The standard InChI is InChI=1S/C14H24/c1-7-10-12(9-3)13(11-8-2)14(4,5)6/h7,9-10,13H,1,3,8,11H2,2,4-6H3/b12-10+. The highest BCUT2D eigenvalue weighted by Gasteiger charge is 2.25. The second-order valence-corrected chi connectivity index (χ2v) is 4.81. The van der Waals surface area contributed by atoms with Crippen molar-refractivity contribution in [3.63, 3.8) is 0 Å². The summed E-state index contributed by atoms with van der Waals surface area (Å²) >= 11 is 0. The lowest BCUT2D eigenvalue weighted by atomic mass is 9.73. The zero-order valence-corrected chi connectivity index (χ0v) is 10.1. The Kier molecular flexibility index (Phi) is 5.52. The second kappa shape index (κ2) is 5.85. The van der Waals surface area contributed by atoms with Crippen molar-refractivity contribution in [2.24, 2.45) is 11.3 Å². The number of hydrogen-bond donors (Lipinski definition) is 0. The van der Waals surface area contributed by atoms with Crippen molar-refractivity contribution >= 4 is 0 Å². The molecule has 0 aromatic rings. The maximum Gasteiger partial charge on any atom is -0.0114 e. The fourth-order valence-electron chi connectivity index (χ4n) is 1.85. The van der Waals surface area contributed by atoms with Gasteiger partial charge in [0.25, 0.3) is 0 Å². The lowest BCUT2D eigenvalue weighted by Crippen LogP contribution is -2.21. The molecule has 1 atom stereocenters. The largest absolute Gasteiger partial charge is 0.0991 e. The van der Waals surface area contributed by atoms with Crippen molar-refractivity contribution in [1.29, 1.82) is 0 Å². The lowest BCUT2D eigenvalue weighted by Gasteiger charge is -2.31. The smallest absolute Gasteiger partial charge is 0.0114 e. The molecule has 0 amide bonds. The van der Waals surface area contributed by atoms with E-state index in [1.165, 1.54) is 18.4 Å². The SMILES string of the molecule is C=C/C=C(\C=C)C(CCC)C(C)(C)C. The molecule has 0 bridgehead atoms. The Bertz CT molecular complexity index is 213. The van der Waals surface area contributed by atoms with Crippen LogP contribution in [0.2, 0.25) is 0 Å². The molecule has 0 saturated carbocycles. The van der Waals surface area contributed by atoms with Crippen LogP contribution >= 0.6 is 0 Å². The van der Waals surface area contributed by atoms with Crippen LogP contribution in [0.3, 0.4) is 0 Å². The van der Waals surface area contributed by atoms with E-state index in [0.29, 0.717) is 11.3 Å². The summed E-state index contributed by atoms with van der Waals surface area (Å²) in [5, 5.41) is 0. The van der Waals surface area contributed by atoms with Crippen LogP contribution < -0.4 is 0 Å². The molecule has 1 unspecified atom stereocenters. The van der Waals surface area contributed by atoms with Crippen LogP contribution in [0.4, 0.5) is 0 Å². The number of allylic oxidation sites excluding steroid dienone is 4. The lowest BCUT2D eigenvalue weighted by molar-refractivity contribution is 0.267. The minimum atomic E-state index is 0.305. The predicted octanol–water partition coefficient (Wildman–Crippen LogP) is 4.75. The highest BCUT2D eigenvalue weighted by Crippen LogP contribution is 2.35. The molecule has 0 radical (unpaired) electrons. The van der Waals surface area contributed by atoms with Crippen molar-refractivity contribution in [1.82, 2.24) is 0 Å². The fourth-order valence-corrected chi connectivity index (χ4v) is 1.85. The van der Waals surface area contributed by atoms with Crippen molar-refractivity contribution in [3.8, 4) is 0 Å². The second-order valence-electron chi connectivity index (χ2n) is 4.81. The van der Waals surface area contributed by atoms with Gasteiger partial charge in [0.15, 0.2) is 0 Å². The summed E-state index contributed by atoms with van der Waals surface area (Å²) in [6, 6.07) is 0. The molecule has 0 heteroatoms. The quantitative estimate of drug-likeness (QED) is 0.551. The summed E-state index contributed by atoms with van der Waals surface area (Å²) in [7, 11) is 0. The summed E-state index contributed by atoms with van der Waals surface area (Å²) in [5.41, 5.74) is 1.62. The van der Waals surface area contributed by atoms with Gasteiger partial charge < -0.3 is 0 Å². The summed E-state index contributed by atoms with van der Waals surface area (Å²) in [5.74, 6) is 0.586. The van der Waals surface area contributed by atoms with Gasteiger partial charge in [-0.1, -0.05) is 65.5 Å². The Balaban J connectivity index is 4.87. The van der Waals surface area contributed by atoms with Crippen molar-refractivity contribution in [3.05, 3.63) is 37.0 Å². The van der Waals surface area contributed by atoms with Crippen molar-refractivity contribution < 1.29 is 0 Å². The average Bonchev–Trinajstić information content (AvgIpc) is 2.09. The summed E-state index contributed by atoms with van der Waals surface area (Å²) in [6.45, 7) is 16.7. The van der Waals surface area contributed by atoms with Gasteiger partial charge in [-0.2, -0.15) is 0 Å². The van der Waals surface area contributed by atoms with E-state index in [0.717, 1.165) is 0 Å². The monoisotopic (exact) mass is 192 g/mol. The van der Waals surface area contributed by atoms with E-state index >= 15 is 0 Å². The summed E-state index contributed by atoms with van der Waals surface area (Å²) in [4.78, 5) is 0. The average molecular weight is 192 g/mol. The zero-order valence-electron chi connectivity index (χ0n) is 10.1. The molecule has 0 aliphatic heterocycles. The third-order valence-electron chi connectivity index (χ3n) is 2.57.